The van der Waals surface area contributed by atoms with Crippen molar-refractivity contribution in [1.82, 2.24) is 14.8 Å². The Bertz CT molecular complexity index is 1070. The van der Waals surface area contributed by atoms with Gasteiger partial charge in [0, 0.05) is 28.7 Å². The number of benzene rings is 2. The molecule has 0 saturated carbocycles. The SMILES string of the molecule is Cc1cc(C)c2cc(CN(CCCN(C)C)C(=O)Nc3ccccc3)c(=O)[nH]c2c1. The maximum Gasteiger partial charge on any atom is 0.322 e. The van der Waals surface area contributed by atoms with Crippen LogP contribution in [0.2, 0.25) is 0 Å². The number of urea groups is 1. The summed E-state index contributed by atoms with van der Waals surface area (Å²) in [5.74, 6) is 0. The summed E-state index contributed by atoms with van der Waals surface area (Å²) in [7, 11) is 4.01. The normalized spacial score (nSPS) is 11.1. The van der Waals surface area contributed by atoms with Crippen LogP contribution in [0.4, 0.5) is 10.5 Å². The molecule has 0 aliphatic carbocycles. The van der Waals surface area contributed by atoms with E-state index >= 15 is 0 Å². The first-order valence-electron chi connectivity index (χ1n) is 10.2. The van der Waals surface area contributed by atoms with Crippen molar-refractivity contribution in [3.05, 3.63) is 75.6 Å². The average molecular weight is 407 g/mol. The van der Waals surface area contributed by atoms with Crippen LogP contribution >= 0.6 is 0 Å². The van der Waals surface area contributed by atoms with E-state index in [9.17, 15) is 9.59 Å². The third-order valence-electron chi connectivity index (χ3n) is 5.10. The Morgan fingerprint density at radius 1 is 1.03 bits per heavy atom. The van der Waals surface area contributed by atoms with Gasteiger partial charge in [0.05, 0.1) is 6.54 Å². The van der Waals surface area contributed by atoms with Gasteiger partial charge >= 0.3 is 6.03 Å². The molecule has 1 aromatic heterocycles. The zero-order chi connectivity index (χ0) is 21.7. The molecule has 0 spiro atoms. The molecule has 0 atom stereocenters. The van der Waals surface area contributed by atoms with Gasteiger partial charge in [-0.15, -0.1) is 0 Å². The van der Waals surface area contributed by atoms with Crippen molar-refractivity contribution in [2.45, 2.75) is 26.8 Å². The van der Waals surface area contributed by atoms with Crippen LogP contribution < -0.4 is 10.9 Å². The van der Waals surface area contributed by atoms with Crippen LogP contribution in [-0.4, -0.2) is 48.0 Å². The van der Waals surface area contributed by atoms with Crippen LogP contribution in [0.3, 0.4) is 0 Å². The maximum absolute atomic E-state index is 13.0. The highest BCUT2D eigenvalue weighted by Crippen LogP contribution is 2.19. The van der Waals surface area contributed by atoms with Crippen molar-refractivity contribution in [2.24, 2.45) is 0 Å². The molecule has 2 amide bonds. The summed E-state index contributed by atoms with van der Waals surface area (Å²) in [6.07, 6.45) is 0.818. The van der Waals surface area contributed by atoms with Crippen molar-refractivity contribution in [2.75, 3.05) is 32.5 Å². The Kier molecular flexibility index (Phi) is 6.90. The number of amides is 2. The molecule has 0 unspecified atom stereocenters. The number of rotatable bonds is 7. The van der Waals surface area contributed by atoms with Gasteiger partial charge in [0.15, 0.2) is 0 Å². The average Bonchev–Trinajstić information content (AvgIpc) is 2.68. The van der Waals surface area contributed by atoms with E-state index < -0.39 is 0 Å². The molecule has 2 N–H and O–H groups in total. The van der Waals surface area contributed by atoms with Gasteiger partial charge in [0.1, 0.15) is 0 Å². The number of carbonyl (C=O) groups excluding carboxylic acids is 1. The Labute approximate surface area is 177 Å². The number of pyridine rings is 1. The summed E-state index contributed by atoms with van der Waals surface area (Å²) in [5, 5.41) is 3.94. The third-order valence-corrected chi connectivity index (χ3v) is 5.10. The number of fused-ring (bicyclic) bond motifs is 1. The fourth-order valence-electron chi connectivity index (χ4n) is 3.59. The number of H-pyrrole nitrogens is 1. The second kappa shape index (κ2) is 9.59. The molecule has 3 aromatic rings. The van der Waals surface area contributed by atoms with Crippen LogP contribution in [-0.2, 0) is 6.54 Å². The first kappa shape index (κ1) is 21.6. The number of carbonyl (C=O) groups is 1. The Balaban J connectivity index is 1.86. The summed E-state index contributed by atoms with van der Waals surface area (Å²) < 4.78 is 0. The zero-order valence-corrected chi connectivity index (χ0v) is 18.2. The van der Waals surface area contributed by atoms with E-state index in [-0.39, 0.29) is 18.1 Å². The molecule has 2 aromatic carbocycles. The Morgan fingerprint density at radius 2 is 1.77 bits per heavy atom. The number of hydrogen-bond acceptors (Lipinski definition) is 3. The van der Waals surface area contributed by atoms with Crippen LogP contribution in [0.25, 0.3) is 10.9 Å². The highest BCUT2D eigenvalue weighted by atomic mass is 16.2. The lowest BCUT2D eigenvalue weighted by Gasteiger charge is -2.24. The highest BCUT2D eigenvalue weighted by Gasteiger charge is 2.17. The minimum Gasteiger partial charge on any atom is -0.322 e. The number of para-hydroxylation sites is 1. The summed E-state index contributed by atoms with van der Waals surface area (Å²) in [5.41, 5.74) is 4.21. The number of aromatic amines is 1. The lowest BCUT2D eigenvalue weighted by Crippen LogP contribution is -2.37. The maximum atomic E-state index is 13.0. The van der Waals surface area contributed by atoms with E-state index in [1.807, 2.05) is 70.4 Å². The van der Waals surface area contributed by atoms with Crippen molar-refractivity contribution < 1.29 is 4.79 Å². The molecule has 3 rings (SSSR count). The number of anilines is 1. The van der Waals surface area contributed by atoms with E-state index in [1.54, 1.807) is 4.90 Å². The molecule has 0 aliphatic heterocycles. The lowest BCUT2D eigenvalue weighted by atomic mass is 10.0. The molecule has 0 bridgehead atoms. The van der Waals surface area contributed by atoms with Crippen molar-refractivity contribution >= 4 is 22.6 Å². The molecule has 1 heterocycles. The first-order valence-corrected chi connectivity index (χ1v) is 10.2. The van der Waals surface area contributed by atoms with Gasteiger partial charge in [0.2, 0.25) is 0 Å². The fourth-order valence-corrected chi connectivity index (χ4v) is 3.59. The van der Waals surface area contributed by atoms with E-state index in [1.165, 1.54) is 0 Å². The predicted molar refractivity (Wildman–Crippen MR) is 123 cm³/mol. The third kappa shape index (κ3) is 5.48. The van der Waals surface area contributed by atoms with E-state index in [2.05, 4.69) is 21.3 Å². The molecule has 0 saturated heterocycles. The van der Waals surface area contributed by atoms with Crippen molar-refractivity contribution in [3.63, 3.8) is 0 Å². The molecule has 0 radical (unpaired) electrons. The van der Waals surface area contributed by atoms with Gasteiger partial charge in [-0.2, -0.15) is 0 Å². The molecule has 0 fully saturated rings. The van der Waals surface area contributed by atoms with E-state index in [0.717, 1.165) is 40.7 Å². The lowest BCUT2D eigenvalue weighted by molar-refractivity contribution is 0.205. The summed E-state index contributed by atoms with van der Waals surface area (Å²) in [4.78, 5) is 32.5. The van der Waals surface area contributed by atoms with Gasteiger partial charge in [-0.3, -0.25) is 4.79 Å². The van der Waals surface area contributed by atoms with Gasteiger partial charge in [-0.25, -0.2) is 4.79 Å². The minimum atomic E-state index is -0.208. The summed E-state index contributed by atoms with van der Waals surface area (Å²) in [6, 6.07) is 15.2. The monoisotopic (exact) mass is 406 g/mol. The predicted octanol–water partition coefficient (Wildman–Crippen LogP) is 4.13. The van der Waals surface area contributed by atoms with Gasteiger partial charge in [-0.05, 0) is 76.3 Å². The second-order valence-electron chi connectivity index (χ2n) is 8.04. The number of aryl methyl sites for hydroxylation is 2. The van der Waals surface area contributed by atoms with E-state index in [0.29, 0.717) is 12.1 Å². The summed E-state index contributed by atoms with van der Waals surface area (Å²) >= 11 is 0. The largest absolute Gasteiger partial charge is 0.322 e. The van der Waals surface area contributed by atoms with Crippen LogP contribution in [0.15, 0.2) is 53.3 Å². The van der Waals surface area contributed by atoms with Gasteiger partial charge in [0.25, 0.3) is 5.56 Å². The smallest absolute Gasteiger partial charge is 0.322 e. The van der Waals surface area contributed by atoms with Crippen LogP contribution in [0.5, 0.6) is 0 Å². The van der Waals surface area contributed by atoms with Crippen molar-refractivity contribution in [3.8, 4) is 0 Å². The molecular formula is C24H30N4O2. The Morgan fingerprint density at radius 3 is 2.47 bits per heavy atom. The minimum absolute atomic E-state index is 0.155. The zero-order valence-electron chi connectivity index (χ0n) is 18.2. The molecule has 158 valence electrons. The standard InChI is InChI=1S/C24H30N4O2/c1-17-13-18(2)21-15-19(23(29)26-22(21)14-17)16-28(12-8-11-27(3)4)24(30)25-20-9-6-5-7-10-20/h5-7,9-10,13-15H,8,11-12,16H2,1-4H3,(H,25,30)(H,26,29). The first-order chi connectivity index (χ1) is 14.3. The number of nitrogens with zero attached hydrogens (tertiary/aromatic N) is 2. The number of nitrogens with one attached hydrogen (secondary N) is 2. The van der Waals surface area contributed by atoms with E-state index in [4.69, 9.17) is 0 Å². The Hall–Kier alpha value is -3.12. The number of aromatic nitrogens is 1. The van der Waals surface area contributed by atoms with Crippen molar-refractivity contribution in [1.29, 1.82) is 0 Å². The second-order valence-corrected chi connectivity index (χ2v) is 8.04. The molecule has 6 nitrogen and oxygen atoms in total. The molecule has 0 aliphatic rings. The molecule has 30 heavy (non-hydrogen) atoms. The molecular weight excluding hydrogens is 376 g/mol. The van der Waals surface area contributed by atoms with Crippen LogP contribution in [0.1, 0.15) is 23.1 Å². The highest BCUT2D eigenvalue weighted by molar-refractivity contribution is 5.89. The quantitative estimate of drug-likeness (QED) is 0.620. The topological polar surface area (TPSA) is 68.4 Å². The van der Waals surface area contributed by atoms with Gasteiger partial charge in [-0.1, -0.05) is 24.3 Å². The van der Waals surface area contributed by atoms with Crippen LogP contribution in [0, 0.1) is 13.8 Å². The number of hydrogen-bond donors (Lipinski definition) is 2. The summed E-state index contributed by atoms with van der Waals surface area (Å²) in [6.45, 7) is 5.72. The van der Waals surface area contributed by atoms with Gasteiger partial charge < -0.3 is 20.1 Å². The molecule has 6 heteroatoms. The fraction of sp³-hybridized carbons (Fsp3) is 0.333.